The standard InChI is InChI=1S/C18H23Cl2NO3/c1-11-5-3-8-16(12(11)2)21-17(22)10-24-18(23)9-13-14(19)6-4-7-15(13)20/h4,6-7,11-12,16H,3,5,8-10H2,1-2H3,(H,21,22). The predicted octanol–water partition coefficient (Wildman–Crippen LogP) is 4.02. The van der Waals surface area contributed by atoms with Crippen molar-refractivity contribution in [2.45, 2.75) is 45.6 Å². The van der Waals surface area contributed by atoms with E-state index in [1.54, 1.807) is 18.2 Å². The average Bonchev–Trinajstić information content (AvgIpc) is 2.53. The summed E-state index contributed by atoms with van der Waals surface area (Å²) in [5, 5.41) is 3.79. The topological polar surface area (TPSA) is 55.4 Å². The maximum atomic E-state index is 12.0. The van der Waals surface area contributed by atoms with E-state index in [4.69, 9.17) is 27.9 Å². The summed E-state index contributed by atoms with van der Waals surface area (Å²) in [6.45, 7) is 4.08. The Labute approximate surface area is 152 Å². The van der Waals surface area contributed by atoms with Crippen molar-refractivity contribution in [3.63, 3.8) is 0 Å². The average molecular weight is 372 g/mol. The molecule has 0 bridgehead atoms. The van der Waals surface area contributed by atoms with E-state index >= 15 is 0 Å². The molecule has 0 radical (unpaired) electrons. The van der Waals surface area contributed by atoms with Crippen molar-refractivity contribution in [1.82, 2.24) is 5.32 Å². The van der Waals surface area contributed by atoms with Gasteiger partial charge in [-0.1, -0.05) is 56.0 Å². The fourth-order valence-corrected chi connectivity index (χ4v) is 3.61. The van der Waals surface area contributed by atoms with Crippen LogP contribution in [-0.4, -0.2) is 24.5 Å². The number of benzene rings is 1. The largest absolute Gasteiger partial charge is 0.455 e. The maximum Gasteiger partial charge on any atom is 0.310 e. The van der Waals surface area contributed by atoms with Crippen molar-refractivity contribution in [2.24, 2.45) is 11.8 Å². The molecule has 0 aromatic heterocycles. The molecule has 1 amide bonds. The molecule has 3 unspecified atom stereocenters. The van der Waals surface area contributed by atoms with E-state index in [0.29, 0.717) is 27.4 Å². The Morgan fingerprint density at radius 3 is 2.54 bits per heavy atom. The van der Waals surface area contributed by atoms with Crippen LogP contribution in [0, 0.1) is 11.8 Å². The van der Waals surface area contributed by atoms with Gasteiger partial charge >= 0.3 is 5.97 Å². The molecule has 0 aliphatic heterocycles. The minimum Gasteiger partial charge on any atom is -0.455 e. The van der Waals surface area contributed by atoms with Gasteiger partial charge in [-0.25, -0.2) is 0 Å². The minimum absolute atomic E-state index is 0.0529. The molecule has 0 heterocycles. The lowest BCUT2D eigenvalue weighted by Gasteiger charge is -2.34. The van der Waals surface area contributed by atoms with Crippen LogP contribution in [0.3, 0.4) is 0 Å². The van der Waals surface area contributed by atoms with Crippen LogP contribution in [0.4, 0.5) is 0 Å². The molecule has 3 atom stereocenters. The first-order valence-corrected chi connectivity index (χ1v) is 9.02. The van der Waals surface area contributed by atoms with Crippen LogP contribution in [0.1, 0.15) is 38.7 Å². The van der Waals surface area contributed by atoms with Gasteiger partial charge in [-0.2, -0.15) is 0 Å². The lowest BCUT2D eigenvalue weighted by molar-refractivity contribution is -0.148. The zero-order chi connectivity index (χ0) is 17.7. The smallest absolute Gasteiger partial charge is 0.310 e. The quantitative estimate of drug-likeness (QED) is 0.795. The molecular weight excluding hydrogens is 349 g/mol. The van der Waals surface area contributed by atoms with Crippen molar-refractivity contribution in [3.05, 3.63) is 33.8 Å². The molecule has 0 spiro atoms. The first kappa shape index (κ1) is 19.1. The SMILES string of the molecule is CC1CCCC(NC(=O)COC(=O)Cc2c(Cl)cccc2Cl)C1C. The Bertz CT molecular complexity index is 586. The number of esters is 1. The summed E-state index contributed by atoms with van der Waals surface area (Å²) < 4.78 is 5.05. The van der Waals surface area contributed by atoms with Crippen LogP contribution in [0.5, 0.6) is 0 Å². The van der Waals surface area contributed by atoms with Crippen LogP contribution in [0.2, 0.25) is 10.0 Å². The lowest BCUT2D eigenvalue weighted by atomic mass is 9.78. The zero-order valence-electron chi connectivity index (χ0n) is 14.0. The number of ether oxygens (including phenoxy) is 1. The first-order chi connectivity index (χ1) is 11.4. The van der Waals surface area contributed by atoms with E-state index < -0.39 is 5.97 Å². The molecule has 1 aliphatic carbocycles. The Morgan fingerprint density at radius 2 is 1.88 bits per heavy atom. The molecule has 6 heteroatoms. The van der Waals surface area contributed by atoms with Gasteiger partial charge in [0.1, 0.15) is 0 Å². The second kappa shape index (κ2) is 8.72. The second-order valence-electron chi connectivity index (χ2n) is 6.48. The van der Waals surface area contributed by atoms with E-state index in [1.807, 2.05) is 0 Å². The van der Waals surface area contributed by atoms with Gasteiger partial charge in [-0.05, 0) is 30.4 Å². The van der Waals surface area contributed by atoms with Crippen LogP contribution >= 0.6 is 23.2 Å². The summed E-state index contributed by atoms with van der Waals surface area (Å²) in [5.41, 5.74) is 0.515. The van der Waals surface area contributed by atoms with E-state index in [-0.39, 0.29) is 25.0 Å². The molecule has 24 heavy (non-hydrogen) atoms. The van der Waals surface area contributed by atoms with Crippen LogP contribution < -0.4 is 5.32 Å². The fraction of sp³-hybridized carbons (Fsp3) is 0.556. The molecule has 132 valence electrons. The summed E-state index contributed by atoms with van der Waals surface area (Å²) in [5.74, 6) is 0.235. The molecule has 4 nitrogen and oxygen atoms in total. The molecule has 1 aromatic carbocycles. The highest BCUT2D eigenvalue weighted by molar-refractivity contribution is 6.36. The Balaban J connectivity index is 1.80. The van der Waals surface area contributed by atoms with Gasteiger partial charge in [0.15, 0.2) is 6.61 Å². The van der Waals surface area contributed by atoms with Gasteiger partial charge < -0.3 is 10.1 Å². The van der Waals surface area contributed by atoms with Gasteiger partial charge in [0.25, 0.3) is 5.91 Å². The van der Waals surface area contributed by atoms with Crippen LogP contribution in [-0.2, 0) is 20.7 Å². The second-order valence-corrected chi connectivity index (χ2v) is 7.29. The summed E-state index contributed by atoms with van der Waals surface area (Å²) in [4.78, 5) is 23.9. The summed E-state index contributed by atoms with van der Waals surface area (Å²) in [6, 6.07) is 5.18. The van der Waals surface area contributed by atoms with Crippen molar-refractivity contribution < 1.29 is 14.3 Å². The third kappa shape index (κ3) is 5.12. The fourth-order valence-electron chi connectivity index (χ4n) is 3.08. The third-order valence-electron chi connectivity index (χ3n) is 4.80. The number of hydrogen-bond acceptors (Lipinski definition) is 3. The van der Waals surface area contributed by atoms with Gasteiger partial charge in [-0.3, -0.25) is 9.59 Å². The highest BCUT2D eigenvalue weighted by Gasteiger charge is 2.28. The van der Waals surface area contributed by atoms with Crippen molar-refractivity contribution in [1.29, 1.82) is 0 Å². The number of rotatable bonds is 5. The van der Waals surface area contributed by atoms with E-state index in [1.165, 1.54) is 6.42 Å². The molecule has 0 saturated heterocycles. The molecule has 1 fully saturated rings. The Morgan fingerprint density at radius 1 is 1.21 bits per heavy atom. The van der Waals surface area contributed by atoms with Crippen LogP contribution in [0.25, 0.3) is 0 Å². The van der Waals surface area contributed by atoms with E-state index in [2.05, 4.69) is 19.2 Å². The first-order valence-electron chi connectivity index (χ1n) is 8.26. The third-order valence-corrected chi connectivity index (χ3v) is 5.51. The van der Waals surface area contributed by atoms with Crippen molar-refractivity contribution >= 4 is 35.1 Å². The van der Waals surface area contributed by atoms with Gasteiger partial charge in [0, 0.05) is 21.7 Å². The number of hydrogen-bond donors (Lipinski definition) is 1. The molecule has 1 saturated carbocycles. The van der Waals surface area contributed by atoms with Gasteiger partial charge in [-0.15, -0.1) is 0 Å². The number of nitrogens with one attached hydrogen (secondary N) is 1. The zero-order valence-corrected chi connectivity index (χ0v) is 15.5. The number of halogens is 2. The molecule has 2 rings (SSSR count). The van der Waals surface area contributed by atoms with Gasteiger partial charge in [0.2, 0.25) is 0 Å². The summed E-state index contributed by atoms with van der Waals surface area (Å²) in [6.07, 6.45) is 3.23. The van der Waals surface area contributed by atoms with Crippen molar-refractivity contribution in [2.75, 3.05) is 6.61 Å². The predicted molar refractivity (Wildman–Crippen MR) is 95.2 cm³/mol. The molecule has 1 aromatic rings. The number of amides is 1. The Kier molecular flexibility index (Phi) is 6.93. The van der Waals surface area contributed by atoms with Gasteiger partial charge in [0.05, 0.1) is 6.42 Å². The molecular formula is C18H23Cl2NO3. The maximum absolute atomic E-state index is 12.0. The normalized spacial score (nSPS) is 23.6. The van der Waals surface area contributed by atoms with E-state index in [0.717, 1.165) is 12.8 Å². The minimum atomic E-state index is -0.523. The lowest BCUT2D eigenvalue weighted by Crippen LogP contribution is -2.45. The monoisotopic (exact) mass is 371 g/mol. The highest BCUT2D eigenvalue weighted by atomic mass is 35.5. The highest BCUT2D eigenvalue weighted by Crippen LogP contribution is 2.29. The molecule has 1 aliphatic rings. The number of carbonyl (C=O) groups excluding carboxylic acids is 2. The summed E-state index contributed by atoms with van der Waals surface area (Å²) >= 11 is 12.0. The molecule has 1 N–H and O–H groups in total. The van der Waals surface area contributed by atoms with Crippen molar-refractivity contribution in [3.8, 4) is 0 Å². The van der Waals surface area contributed by atoms with Crippen LogP contribution in [0.15, 0.2) is 18.2 Å². The number of carbonyl (C=O) groups is 2. The van der Waals surface area contributed by atoms with E-state index in [9.17, 15) is 9.59 Å². The summed E-state index contributed by atoms with van der Waals surface area (Å²) in [7, 11) is 0. The Hall–Kier alpha value is -1.26.